The van der Waals surface area contributed by atoms with Crippen LogP contribution in [0.4, 0.5) is 0 Å². The molecule has 0 spiro atoms. The van der Waals surface area contributed by atoms with Crippen molar-refractivity contribution in [3.05, 3.63) is 22.7 Å². The third kappa shape index (κ3) is 4.02. The van der Waals surface area contributed by atoms with Gasteiger partial charge in [0.1, 0.15) is 0 Å². The van der Waals surface area contributed by atoms with Crippen LogP contribution in [0.2, 0.25) is 5.02 Å². The van der Waals surface area contributed by atoms with Crippen LogP contribution in [0.15, 0.2) is 12.1 Å². The summed E-state index contributed by atoms with van der Waals surface area (Å²) in [6.45, 7) is 5.55. The average Bonchev–Trinajstić information content (AvgIpc) is 2.39. The van der Waals surface area contributed by atoms with Crippen LogP contribution in [0.1, 0.15) is 32.4 Å². The minimum Gasteiger partial charge on any atom is -0.493 e. The molecule has 0 aromatic heterocycles. The van der Waals surface area contributed by atoms with Crippen molar-refractivity contribution in [1.82, 2.24) is 0 Å². The van der Waals surface area contributed by atoms with Gasteiger partial charge in [-0.25, -0.2) is 4.79 Å². The maximum absolute atomic E-state index is 11.6. The molecular weight excluding hydrogens is 284 g/mol. The Morgan fingerprint density at radius 2 is 2.00 bits per heavy atom. The first-order valence-electron chi connectivity index (χ1n) is 6.29. The van der Waals surface area contributed by atoms with Gasteiger partial charge < -0.3 is 19.3 Å². The Bertz CT molecular complexity index is 473. The van der Waals surface area contributed by atoms with Crippen LogP contribution in [0, 0.1) is 0 Å². The number of esters is 1. The first kappa shape index (κ1) is 16.6. The van der Waals surface area contributed by atoms with E-state index in [4.69, 9.17) is 25.8 Å². The SMILES string of the molecule is CCOC(=O)C(O)c1cc(OC(C)C)c(OC)cc1Cl. The molecule has 1 aromatic rings. The highest BCUT2D eigenvalue weighted by Gasteiger charge is 2.24. The van der Waals surface area contributed by atoms with Crippen LogP contribution in [0.3, 0.4) is 0 Å². The van der Waals surface area contributed by atoms with E-state index in [1.807, 2.05) is 13.8 Å². The summed E-state index contributed by atoms with van der Waals surface area (Å²) < 4.78 is 15.5. The lowest BCUT2D eigenvalue weighted by Crippen LogP contribution is -2.16. The molecule has 0 bridgehead atoms. The number of carbonyl (C=O) groups excluding carboxylic acids is 1. The number of benzene rings is 1. The lowest BCUT2D eigenvalue weighted by atomic mass is 10.1. The van der Waals surface area contributed by atoms with Crippen molar-refractivity contribution in [2.45, 2.75) is 33.0 Å². The molecule has 0 amide bonds. The molecular formula is C14H19ClO5. The molecule has 0 saturated heterocycles. The van der Waals surface area contributed by atoms with Crippen molar-refractivity contribution in [3.8, 4) is 11.5 Å². The molecule has 1 atom stereocenters. The lowest BCUT2D eigenvalue weighted by Gasteiger charge is -2.17. The van der Waals surface area contributed by atoms with Crippen LogP contribution in [-0.2, 0) is 9.53 Å². The standard InChI is InChI=1S/C14H19ClO5/c1-5-19-14(17)13(16)9-6-12(20-8(2)3)11(18-4)7-10(9)15/h6-8,13,16H,5H2,1-4H3. The zero-order chi connectivity index (χ0) is 15.3. The third-order valence-electron chi connectivity index (χ3n) is 2.45. The maximum Gasteiger partial charge on any atom is 0.339 e. The topological polar surface area (TPSA) is 65.0 Å². The fourth-order valence-electron chi connectivity index (χ4n) is 1.61. The van der Waals surface area contributed by atoms with Crippen molar-refractivity contribution in [1.29, 1.82) is 0 Å². The van der Waals surface area contributed by atoms with Gasteiger partial charge in [0.15, 0.2) is 17.6 Å². The second-order valence-electron chi connectivity index (χ2n) is 4.35. The highest BCUT2D eigenvalue weighted by molar-refractivity contribution is 6.31. The Morgan fingerprint density at radius 3 is 2.50 bits per heavy atom. The highest BCUT2D eigenvalue weighted by atomic mass is 35.5. The van der Waals surface area contributed by atoms with Gasteiger partial charge in [0.25, 0.3) is 0 Å². The summed E-state index contributed by atoms with van der Waals surface area (Å²) in [5, 5.41) is 10.2. The van der Waals surface area contributed by atoms with Crippen LogP contribution in [0.5, 0.6) is 11.5 Å². The lowest BCUT2D eigenvalue weighted by molar-refractivity contribution is -0.153. The number of methoxy groups -OCH3 is 1. The van der Waals surface area contributed by atoms with E-state index < -0.39 is 12.1 Å². The molecule has 5 nitrogen and oxygen atoms in total. The van der Waals surface area contributed by atoms with Crippen molar-refractivity contribution < 1.29 is 24.1 Å². The summed E-state index contributed by atoms with van der Waals surface area (Å²) >= 11 is 6.05. The largest absolute Gasteiger partial charge is 0.493 e. The van der Waals surface area contributed by atoms with E-state index in [0.29, 0.717) is 11.5 Å². The van der Waals surface area contributed by atoms with Gasteiger partial charge in [0, 0.05) is 11.6 Å². The molecule has 0 fully saturated rings. The van der Waals surface area contributed by atoms with Crippen molar-refractivity contribution >= 4 is 17.6 Å². The number of aliphatic hydroxyl groups is 1. The summed E-state index contributed by atoms with van der Waals surface area (Å²) in [6.07, 6.45) is -1.54. The average molecular weight is 303 g/mol. The molecule has 0 radical (unpaired) electrons. The van der Waals surface area contributed by atoms with Gasteiger partial charge in [-0.1, -0.05) is 11.6 Å². The number of hydrogen-bond acceptors (Lipinski definition) is 5. The Hall–Kier alpha value is -1.46. The highest BCUT2D eigenvalue weighted by Crippen LogP contribution is 2.36. The number of carbonyl (C=O) groups is 1. The number of hydrogen-bond donors (Lipinski definition) is 1. The normalized spacial score (nSPS) is 12.2. The Labute approximate surface area is 123 Å². The van der Waals surface area contributed by atoms with E-state index in [9.17, 15) is 9.90 Å². The zero-order valence-corrected chi connectivity index (χ0v) is 12.7. The molecule has 0 heterocycles. The molecule has 112 valence electrons. The van der Waals surface area contributed by atoms with Gasteiger partial charge in [-0.2, -0.15) is 0 Å². The Morgan fingerprint density at radius 1 is 1.35 bits per heavy atom. The Kier molecular flexibility index (Phi) is 6.10. The fourth-order valence-corrected chi connectivity index (χ4v) is 1.87. The van der Waals surface area contributed by atoms with Crippen molar-refractivity contribution in [3.63, 3.8) is 0 Å². The molecule has 6 heteroatoms. The molecule has 20 heavy (non-hydrogen) atoms. The quantitative estimate of drug-likeness (QED) is 0.819. The monoisotopic (exact) mass is 302 g/mol. The van der Waals surface area contributed by atoms with E-state index >= 15 is 0 Å². The van der Waals surface area contributed by atoms with E-state index in [0.717, 1.165) is 0 Å². The van der Waals surface area contributed by atoms with Gasteiger partial charge in [-0.05, 0) is 26.8 Å². The number of ether oxygens (including phenoxy) is 3. The van der Waals surface area contributed by atoms with Crippen LogP contribution >= 0.6 is 11.6 Å². The molecule has 1 aromatic carbocycles. The third-order valence-corrected chi connectivity index (χ3v) is 2.78. The van der Waals surface area contributed by atoms with E-state index in [-0.39, 0.29) is 23.3 Å². The Balaban J connectivity index is 3.16. The summed E-state index contributed by atoms with van der Waals surface area (Å²) in [5.41, 5.74) is 0.224. The van der Waals surface area contributed by atoms with E-state index in [2.05, 4.69) is 0 Å². The van der Waals surface area contributed by atoms with E-state index in [1.165, 1.54) is 19.2 Å². The smallest absolute Gasteiger partial charge is 0.339 e. The maximum atomic E-state index is 11.6. The predicted octanol–water partition coefficient (Wildman–Crippen LogP) is 2.73. The molecule has 1 N–H and O–H groups in total. The molecule has 0 aliphatic carbocycles. The first-order chi connectivity index (χ1) is 9.40. The van der Waals surface area contributed by atoms with Crippen LogP contribution < -0.4 is 9.47 Å². The van der Waals surface area contributed by atoms with Crippen molar-refractivity contribution in [2.24, 2.45) is 0 Å². The number of rotatable bonds is 6. The van der Waals surface area contributed by atoms with E-state index in [1.54, 1.807) is 6.92 Å². The summed E-state index contributed by atoms with van der Waals surface area (Å²) in [7, 11) is 1.49. The van der Waals surface area contributed by atoms with Gasteiger partial charge in [0.05, 0.1) is 24.8 Å². The second-order valence-corrected chi connectivity index (χ2v) is 4.75. The summed E-state index contributed by atoms with van der Waals surface area (Å²) in [6, 6.07) is 2.99. The van der Waals surface area contributed by atoms with Crippen LogP contribution in [0.25, 0.3) is 0 Å². The summed E-state index contributed by atoms with van der Waals surface area (Å²) in [4.78, 5) is 11.6. The number of halogens is 1. The second kappa shape index (κ2) is 7.36. The van der Waals surface area contributed by atoms with Crippen molar-refractivity contribution in [2.75, 3.05) is 13.7 Å². The zero-order valence-electron chi connectivity index (χ0n) is 12.0. The molecule has 0 saturated carbocycles. The van der Waals surface area contributed by atoms with Gasteiger partial charge >= 0.3 is 5.97 Å². The first-order valence-corrected chi connectivity index (χ1v) is 6.67. The fraction of sp³-hybridized carbons (Fsp3) is 0.500. The molecule has 0 aliphatic heterocycles. The number of aliphatic hydroxyl groups excluding tert-OH is 1. The summed E-state index contributed by atoms with van der Waals surface area (Å²) in [5.74, 6) is 0.0869. The molecule has 1 unspecified atom stereocenters. The molecule has 1 rings (SSSR count). The minimum atomic E-state index is -1.46. The van der Waals surface area contributed by atoms with Gasteiger partial charge in [-0.3, -0.25) is 0 Å². The predicted molar refractivity (Wildman–Crippen MR) is 75.4 cm³/mol. The van der Waals surface area contributed by atoms with Crippen LogP contribution in [-0.4, -0.2) is 30.9 Å². The molecule has 0 aliphatic rings. The van der Waals surface area contributed by atoms with Gasteiger partial charge in [-0.15, -0.1) is 0 Å². The van der Waals surface area contributed by atoms with Gasteiger partial charge in [0.2, 0.25) is 0 Å². The minimum absolute atomic E-state index is 0.0855.